The first kappa shape index (κ1) is 14.1. The van der Waals surface area contributed by atoms with Crippen molar-refractivity contribution in [1.29, 1.82) is 5.41 Å². The summed E-state index contributed by atoms with van der Waals surface area (Å²) in [6.45, 7) is 1.06. The van der Waals surface area contributed by atoms with E-state index < -0.39 is 0 Å². The minimum absolute atomic E-state index is 0.0776. The summed E-state index contributed by atoms with van der Waals surface area (Å²) in [6, 6.07) is 15.3. The van der Waals surface area contributed by atoms with Gasteiger partial charge in [-0.3, -0.25) is 5.41 Å². The van der Waals surface area contributed by atoms with Gasteiger partial charge < -0.3 is 15.2 Å². The molecule has 0 spiro atoms. The van der Waals surface area contributed by atoms with Crippen molar-refractivity contribution in [2.45, 2.75) is 13.2 Å². The molecule has 0 aliphatic carbocycles. The zero-order valence-electron chi connectivity index (χ0n) is 11.4. The van der Waals surface area contributed by atoms with Gasteiger partial charge >= 0.3 is 0 Å². The second-order valence-corrected chi connectivity index (χ2v) is 4.45. The van der Waals surface area contributed by atoms with Crippen LogP contribution in [0, 0.1) is 5.41 Å². The van der Waals surface area contributed by atoms with Crippen molar-refractivity contribution in [3.63, 3.8) is 0 Å². The Kier molecular flexibility index (Phi) is 4.74. The van der Waals surface area contributed by atoms with Crippen molar-refractivity contribution in [2.24, 2.45) is 5.73 Å². The smallest absolute Gasteiger partial charge is 0.122 e. The van der Waals surface area contributed by atoms with Crippen LogP contribution in [0.15, 0.2) is 48.5 Å². The SMILES string of the molecule is COc1cccc(COCc2ccc(C(=N)N)cc2)c1. The van der Waals surface area contributed by atoms with Crippen molar-refractivity contribution in [1.82, 2.24) is 0 Å². The Hall–Kier alpha value is -2.33. The minimum atomic E-state index is 0.0776. The van der Waals surface area contributed by atoms with Gasteiger partial charge in [-0.1, -0.05) is 36.4 Å². The molecule has 0 fully saturated rings. The van der Waals surface area contributed by atoms with Crippen molar-refractivity contribution >= 4 is 5.84 Å². The van der Waals surface area contributed by atoms with Crippen LogP contribution in [0.4, 0.5) is 0 Å². The summed E-state index contributed by atoms with van der Waals surface area (Å²) < 4.78 is 10.8. The molecule has 2 rings (SSSR count). The molecule has 2 aromatic rings. The molecule has 104 valence electrons. The van der Waals surface area contributed by atoms with Crippen LogP contribution >= 0.6 is 0 Å². The predicted molar refractivity (Wildman–Crippen MR) is 78.9 cm³/mol. The average Bonchev–Trinajstić information content (AvgIpc) is 2.48. The molecule has 0 aliphatic rings. The van der Waals surface area contributed by atoms with E-state index in [2.05, 4.69) is 0 Å². The zero-order valence-corrected chi connectivity index (χ0v) is 11.4. The van der Waals surface area contributed by atoms with Gasteiger partial charge in [0.15, 0.2) is 0 Å². The normalized spacial score (nSPS) is 10.2. The van der Waals surface area contributed by atoms with Crippen LogP contribution in [0.3, 0.4) is 0 Å². The number of nitrogen functional groups attached to an aromatic ring is 1. The molecule has 0 saturated carbocycles. The number of amidine groups is 1. The lowest BCUT2D eigenvalue weighted by molar-refractivity contribution is 0.107. The summed E-state index contributed by atoms with van der Waals surface area (Å²) in [5.74, 6) is 0.908. The Balaban J connectivity index is 1.87. The zero-order chi connectivity index (χ0) is 14.4. The highest BCUT2D eigenvalue weighted by Crippen LogP contribution is 2.14. The van der Waals surface area contributed by atoms with Gasteiger partial charge in [-0.25, -0.2) is 0 Å². The van der Waals surface area contributed by atoms with Gasteiger partial charge in [0, 0.05) is 5.56 Å². The number of hydrogen-bond acceptors (Lipinski definition) is 3. The maximum absolute atomic E-state index is 7.33. The second-order valence-electron chi connectivity index (χ2n) is 4.45. The number of hydrogen-bond donors (Lipinski definition) is 2. The Bertz CT molecular complexity index is 579. The molecule has 4 nitrogen and oxygen atoms in total. The molecular weight excluding hydrogens is 252 g/mol. The van der Waals surface area contributed by atoms with E-state index in [0.717, 1.165) is 22.4 Å². The van der Waals surface area contributed by atoms with E-state index in [1.165, 1.54) is 0 Å². The molecule has 20 heavy (non-hydrogen) atoms. The summed E-state index contributed by atoms with van der Waals surface area (Å²) in [6.07, 6.45) is 0. The fourth-order valence-electron chi connectivity index (χ4n) is 1.83. The highest BCUT2D eigenvalue weighted by molar-refractivity contribution is 5.94. The van der Waals surface area contributed by atoms with E-state index in [9.17, 15) is 0 Å². The van der Waals surface area contributed by atoms with E-state index in [4.69, 9.17) is 20.6 Å². The molecule has 2 aromatic carbocycles. The lowest BCUT2D eigenvalue weighted by Gasteiger charge is -2.07. The third-order valence-corrected chi connectivity index (χ3v) is 2.94. The standard InChI is InChI=1S/C16H18N2O2/c1-19-15-4-2-3-13(9-15)11-20-10-12-5-7-14(8-6-12)16(17)18/h2-9H,10-11H2,1H3,(H3,17,18). The van der Waals surface area contributed by atoms with Gasteiger partial charge in [0.05, 0.1) is 20.3 Å². The monoisotopic (exact) mass is 270 g/mol. The maximum atomic E-state index is 7.33. The predicted octanol–water partition coefficient (Wildman–Crippen LogP) is 2.70. The van der Waals surface area contributed by atoms with Crippen molar-refractivity contribution in [3.05, 3.63) is 65.2 Å². The number of ether oxygens (including phenoxy) is 2. The van der Waals surface area contributed by atoms with E-state index in [0.29, 0.717) is 13.2 Å². The fourth-order valence-corrected chi connectivity index (χ4v) is 1.83. The van der Waals surface area contributed by atoms with Crippen LogP contribution in [0.25, 0.3) is 0 Å². The Labute approximate surface area is 118 Å². The highest BCUT2D eigenvalue weighted by atomic mass is 16.5. The van der Waals surface area contributed by atoms with Gasteiger partial charge in [0.1, 0.15) is 11.6 Å². The van der Waals surface area contributed by atoms with E-state index in [1.807, 2.05) is 48.5 Å². The lowest BCUT2D eigenvalue weighted by atomic mass is 10.1. The van der Waals surface area contributed by atoms with Crippen LogP contribution in [-0.2, 0) is 18.0 Å². The maximum Gasteiger partial charge on any atom is 0.122 e. The first-order chi connectivity index (χ1) is 9.69. The third-order valence-electron chi connectivity index (χ3n) is 2.94. The Morgan fingerprint density at radius 3 is 2.40 bits per heavy atom. The van der Waals surface area contributed by atoms with Crippen LogP contribution in [-0.4, -0.2) is 12.9 Å². The Morgan fingerprint density at radius 1 is 1.05 bits per heavy atom. The third kappa shape index (κ3) is 3.83. The molecule has 3 N–H and O–H groups in total. The minimum Gasteiger partial charge on any atom is -0.497 e. The first-order valence-corrected chi connectivity index (χ1v) is 6.33. The van der Waals surface area contributed by atoms with Crippen LogP contribution in [0.1, 0.15) is 16.7 Å². The molecule has 0 aromatic heterocycles. The van der Waals surface area contributed by atoms with E-state index in [1.54, 1.807) is 7.11 Å². The van der Waals surface area contributed by atoms with Crippen molar-refractivity contribution in [3.8, 4) is 5.75 Å². The summed E-state index contributed by atoms with van der Waals surface area (Å²) >= 11 is 0. The molecule has 0 aliphatic heterocycles. The fraction of sp³-hybridized carbons (Fsp3) is 0.188. The Morgan fingerprint density at radius 2 is 1.75 bits per heavy atom. The van der Waals surface area contributed by atoms with Gasteiger partial charge in [0.25, 0.3) is 0 Å². The number of methoxy groups -OCH3 is 1. The van der Waals surface area contributed by atoms with Gasteiger partial charge in [-0.05, 0) is 23.3 Å². The molecule has 0 unspecified atom stereocenters. The topological polar surface area (TPSA) is 68.3 Å². The molecule has 0 bridgehead atoms. The van der Waals surface area contributed by atoms with Gasteiger partial charge in [-0.15, -0.1) is 0 Å². The molecular formula is C16H18N2O2. The van der Waals surface area contributed by atoms with Gasteiger partial charge in [0.2, 0.25) is 0 Å². The second kappa shape index (κ2) is 6.73. The number of benzene rings is 2. The van der Waals surface area contributed by atoms with Crippen LogP contribution in [0.5, 0.6) is 5.75 Å². The van der Waals surface area contributed by atoms with E-state index >= 15 is 0 Å². The molecule has 0 heterocycles. The van der Waals surface area contributed by atoms with Gasteiger partial charge in [-0.2, -0.15) is 0 Å². The lowest BCUT2D eigenvalue weighted by Crippen LogP contribution is -2.10. The number of nitrogens with two attached hydrogens (primary N) is 1. The largest absolute Gasteiger partial charge is 0.497 e. The van der Waals surface area contributed by atoms with Crippen LogP contribution in [0.2, 0.25) is 0 Å². The van der Waals surface area contributed by atoms with E-state index in [-0.39, 0.29) is 5.84 Å². The first-order valence-electron chi connectivity index (χ1n) is 6.33. The molecule has 0 radical (unpaired) electrons. The van der Waals surface area contributed by atoms with Crippen molar-refractivity contribution in [2.75, 3.05) is 7.11 Å². The van der Waals surface area contributed by atoms with Crippen molar-refractivity contribution < 1.29 is 9.47 Å². The summed E-state index contributed by atoms with van der Waals surface area (Å²) in [7, 11) is 1.65. The summed E-state index contributed by atoms with van der Waals surface area (Å²) in [5.41, 5.74) is 8.26. The quantitative estimate of drug-likeness (QED) is 0.626. The number of rotatable bonds is 6. The summed E-state index contributed by atoms with van der Waals surface area (Å²) in [5, 5.41) is 7.33. The molecule has 0 amide bonds. The highest BCUT2D eigenvalue weighted by Gasteiger charge is 1.99. The number of nitrogens with one attached hydrogen (secondary N) is 1. The molecule has 0 atom stereocenters. The molecule has 4 heteroatoms. The molecule has 0 saturated heterocycles. The van der Waals surface area contributed by atoms with Crippen LogP contribution < -0.4 is 10.5 Å². The summed E-state index contributed by atoms with van der Waals surface area (Å²) in [4.78, 5) is 0. The average molecular weight is 270 g/mol.